The van der Waals surface area contributed by atoms with E-state index in [0.29, 0.717) is 17.8 Å². The van der Waals surface area contributed by atoms with Crippen molar-refractivity contribution < 1.29 is 9.18 Å². The van der Waals surface area contributed by atoms with Gasteiger partial charge >= 0.3 is 6.03 Å². The Morgan fingerprint density at radius 1 is 1.19 bits per heavy atom. The first kappa shape index (κ1) is 19.6. The maximum atomic E-state index is 14.8. The van der Waals surface area contributed by atoms with Gasteiger partial charge < -0.3 is 10.6 Å². The van der Waals surface area contributed by atoms with Crippen LogP contribution >= 0.6 is 11.9 Å². The van der Waals surface area contributed by atoms with Crippen LogP contribution in [-0.2, 0) is 6.54 Å². The molecule has 1 aliphatic heterocycles. The number of benzene rings is 1. The van der Waals surface area contributed by atoms with Gasteiger partial charge in [-0.25, -0.2) is 13.5 Å². The minimum absolute atomic E-state index is 0.174. The molecule has 0 bridgehead atoms. The van der Waals surface area contributed by atoms with Gasteiger partial charge in [-0.1, -0.05) is 24.1 Å². The first-order valence-electron chi connectivity index (χ1n) is 8.84. The highest BCUT2D eigenvalue weighted by Crippen LogP contribution is 2.21. The van der Waals surface area contributed by atoms with Crippen molar-refractivity contribution in [3.63, 3.8) is 0 Å². The number of nitrogens with one attached hydrogen (secondary N) is 2. The number of carbonyl (C=O) groups is 1. The number of urea groups is 1. The Labute approximate surface area is 163 Å². The third-order valence-electron chi connectivity index (χ3n) is 4.48. The van der Waals surface area contributed by atoms with E-state index >= 15 is 0 Å². The van der Waals surface area contributed by atoms with Crippen LogP contribution in [0.25, 0.3) is 0 Å². The van der Waals surface area contributed by atoms with Crippen molar-refractivity contribution in [1.29, 1.82) is 0 Å². The van der Waals surface area contributed by atoms with Gasteiger partial charge in [0.15, 0.2) is 5.82 Å². The van der Waals surface area contributed by atoms with Crippen LogP contribution in [0, 0.1) is 12.7 Å². The number of carbonyl (C=O) groups excluding carboxylic acids is 1. The van der Waals surface area contributed by atoms with E-state index in [1.165, 1.54) is 0 Å². The van der Waals surface area contributed by atoms with Gasteiger partial charge in [0.2, 0.25) is 0 Å². The second-order valence-corrected chi connectivity index (χ2v) is 7.32. The number of piperazine rings is 1. The molecule has 2 amide bonds. The fourth-order valence-electron chi connectivity index (χ4n) is 2.94. The van der Waals surface area contributed by atoms with Gasteiger partial charge in [-0.2, -0.15) is 0 Å². The Morgan fingerprint density at radius 3 is 2.63 bits per heavy atom. The number of halogens is 1. The lowest BCUT2D eigenvalue weighted by atomic mass is 10.1. The molecule has 2 aromatic rings. The van der Waals surface area contributed by atoms with Crippen molar-refractivity contribution in [2.24, 2.45) is 0 Å². The Hall–Kier alpha value is -2.16. The molecule has 27 heavy (non-hydrogen) atoms. The number of amides is 2. The number of hydrogen-bond donors (Lipinski definition) is 2. The minimum atomic E-state index is -0.495. The lowest BCUT2D eigenvalue weighted by Gasteiger charge is -2.33. The summed E-state index contributed by atoms with van der Waals surface area (Å²) in [4.78, 5) is 18.5. The van der Waals surface area contributed by atoms with E-state index < -0.39 is 6.03 Å². The van der Waals surface area contributed by atoms with E-state index in [4.69, 9.17) is 0 Å². The van der Waals surface area contributed by atoms with E-state index in [0.717, 1.165) is 31.9 Å². The fourth-order valence-corrected chi connectivity index (χ4v) is 3.46. The molecule has 144 valence electrons. The van der Waals surface area contributed by atoms with Gasteiger partial charge in [0, 0.05) is 44.0 Å². The van der Waals surface area contributed by atoms with Gasteiger partial charge in [0.25, 0.3) is 0 Å². The first-order chi connectivity index (χ1) is 13.0. The number of rotatable bonds is 5. The number of aryl methyl sites for hydroxylation is 1. The molecule has 1 aromatic heterocycles. The summed E-state index contributed by atoms with van der Waals surface area (Å²) < 4.78 is 17.1. The zero-order valence-electron chi connectivity index (χ0n) is 15.5. The molecule has 0 radical (unpaired) electrons. The van der Waals surface area contributed by atoms with Crippen LogP contribution in [0.15, 0.2) is 36.5 Å². The van der Waals surface area contributed by atoms with Crippen LogP contribution in [0.1, 0.15) is 11.3 Å². The van der Waals surface area contributed by atoms with Crippen molar-refractivity contribution in [2.75, 3.05) is 43.1 Å². The summed E-state index contributed by atoms with van der Waals surface area (Å²) in [5.41, 5.74) is 2.18. The second-order valence-electron chi connectivity index (χ2n) is 6.43. The highest BCUT2D eigenvalue weighted by molar-refractivity contribution is 7.96. The predicted molar refractivity (Wildman–Crippen MR) is 108 cm³/mol. The van der Waals surface area contributed by atoms with Crippen LogP contribution < -0.4 is 10.6 Å². The summed E-state index contributed by atoms with van der Waals surface area (Å²) in [6.45, 7) is 6.14. The van der Waals surface area contributed by atoms with E-state index in [2.05, 4.69) is 31.1 Å². The Bertz CT molecular complexity index is 778. The molecule has 0 atom stereocenters. The van der Waals surface area contributed by atoms with Crippen molar-refractivity contribution in [1.82, 2.24) is 14.2 Å². The van der Waals surface area contributed by atoms with E-state index in [1.54, 1.807) is 48.5 Å². The summed E-state index contributed by atoms with van der Waals surface area (Å²) in [5.74, 6) is -0.387. The maximum Gasteiger partial charge on any atom is 0.323 e. The largest absolute Gasteiger partial charge is 0.323 e. The average molecular weight is 390 g/mol. The van der Waals surface area contributed by atoms with Crippen molar-refractivity contribution in [3.8, 4) is 0 Å². The van der Waals surface area contributed by atoms with Gasteiger partial charge in [-0.05, 0) is 31.4 Å². The summed E-state index contributed by atoms with van der Waals surface area (Å²) in [6.07, 6.45) is 3.64. The van der Waals surface area contributed by atoms with Crippen molar-refractivity contribution >= 4 is 29.4 Å². The zero-order valence-corrected chi connectivity index (χ0v) is 16.4. The number of aromatic nitrogens is 1. The molecule has 0 saturated carbocycles. The van der Waals surface area contributed by atoms with Crippen LogP contribution in [0.4, 0.5) is 20.6 Å². The van der Waals surface area contributed by atoms with E-state index in [9.17, 15) is 9.18 Å². The normalized spacial score (nSPS) is 15.5. The number of anilines is 2. The molecule has 1 fully saturated rings. The summed E-state index contributed by atoms with van der Waals surface area (Å²) in [5, 5.41) is 5.24. The molecule has 0 unspecified atom stereocenters. The van der Waals surface area contributed by atoms with Crippen LogP contribution in [0.2, 0.25) is 0 Å². The molecule has 1 aromatic carbocycles. The van der Waals surface area contributed by atoms with Crippen LogP contribution in [0.3, 0.4) is 0 Å². The standard InChI is InChI=1S/C19H24FN5OS/c1-14-6-7-16(12-21-14)22-19(26)23-17-5-3-4-15(18(17)20)13-24-8-10-25(27-2)11-9-24/h3-7,12H,8-11,13H2,1-2H3,(H2,22,23,26). The van der Waals surface area contributed by atoms with Crippen molar-refractivity contribution in [3.05, 3.63) is 53.6 Å². The Morgan fingerprint density at radius 2 is 1.96 bits per heavy atom. The first-order valence-corrected chi connectivity index (χ1v) is 10.0. The average Bonchev–Trinajstić information content (AvgIpc) is 2.67. The second kappa shape index (κ2) is 9.16. The monoisotopic (exact) mass is 389 g/mol. The topological polar surface area (TPSA) is 60.5 Å². The highest BCUT2D eigenvalue weighted by atomic mass is 32.2. The fraction of sp³-hybridized carbons (Fsp3) is 0.368. The van der Waals surface area contributed by atoms with Gasteiger partial charge in [0.05, 0.1) is 17.6 Å². The highest BCUT2D eigenvalue weighted by Gasteiger charge is 2.18. The third-order valence-corrected chi connectivity index (χ3v) is 5.36. The van der Waals surface area contributed by atoms with E-state index in [1.807, 2.05) is 6.92 Å². The van der Waals surface area contributed by atoms with Crippen molar-refractivity contribution in [2.45, 2.75) is 13.5 Å². The number of nitrogens with zero attached hydrogens (tertiary/aromatic N) is 3. The van der Waals surface area contributed by atoms with Gasteiger partial charge in [-0.3, -0.25) is 9.88 Å². The lowest BCUT2D eigenvalue weighted by Crippen LogP contribution is -2.42. The molecule has 1 saturated heterocycles. The quantitative estimate of drug-likeness (QED) is 0.766. The molecular formula is C19H24FN5OS. The molecule has 2 N–H and O–H groups in total. The van der Waals surface area contributed by atoms with Gasteiger partial charge in [-0.15, -0.1) is 0 Å². The molecular weight excluding hydrogens is 365 g/mol. The van der Waals surface area contributed by atoms with Crippen LogP contribution in [0.5, 0.6) is 0 Å². The SMILES string of the molecule is CSN1CCN(Cc2cccc(NC(=O)Nc3ccc(C)nc3)c2F)CC1. The number of pyridine rings is 1. The maximum absolute atomic E-state index is 14.8. The number of hydrogen-bond acceptors (Lipinski definition) is 5. The smallest absolute Gasteiger partial charge is 0.306 e. The van der Waals surface area contributed by atoms with Gasteiger partial charge in [0.1, 0.15) is 0 Å². The molecule has 2 heterocycles. The predicted octanol–water partition coefficient (Wildman–Crippen LogP) is 3.57. The lowest BCUT2D eigenvalue weighted by molar-refractivity contribution is 0.188. The molecule has 3 rings (SSSR count). The molecule has 0 spiro atoms. The third kappa shape index (κ3) is 5.41. The molecule has 8 heteroatoms. The summed E-state index contributed by atoms with van der Waals surface area (Å²) >= 11 is 1.74. The minimum Gasteiger partial charge on any atom is -0.306 e. The Kier molecular flexibility index (Phi) is 6.65. The molecule has 1 aliphatic rings. The van der Waals surface area contributed by atoms with Crippen LogP contribution in [-0.4, -0.2) is 52.7 Å². The summed E-state index contributed by atoms with van der Waals surface area (Å²) in [7, 11) is 0. The Balaban J connectivity index is 1.60. The zero-order chi connectivity index (χ0) is 19.2. The molecule has 0 aliphatic carbocycles. The summed E-state index contributed by atoms with van der Waals surface area (Å²) in [6, 6.07) is 8.15. The molecule has 6 nitrogen and oxygen atoms in total. The van der Waals surface area contributed by atoms with E-state index in [-0.39, 0.29) is 11.5 Å².